The minimum absolute atomic E-state index is 0.0353. The van der Waals surface area contributed by atoms with Crippen LogP contribution in [0.4, 0.5) is 5.82 Å². The molecule has 0 amide bonds. The fraction of sp³-hybridized carbons (Fsp3) is 0.318. The van der Waals surface area contributed by atoms with Gasteiger partial charge in [0.1, 0.15) is 22.9 Å². The number of anilines is 1. The van der Waals surface area contributed by atoms with E-state index in [1.165, 1.54) is 4.57 Å². The molecule has 0 fully saturated rings. The summed E-state index contributed by atoms with van der Waals surface area (Å²) in [6, 6.07) is 13.0. The zero-order chi connectivity index (χ0) is 21.8. The molecule has 0 bridgehead atoms. The summed E-state index contributed by atoms with van der Waals surface area (Å²) in [5.74, 6) is 0.960. The molecule has 0 saturated heterocycles. The zero-order valence-electron chi connectivity index (χ0n) is 17.4. The fourth-order valence-electron chi connectivity index (χ4n) is 3.39. The van der Waals surface area contributed by atoms with Gasteiger partial charge in [-0.25, -0.2) is 4.79 Å². The molecule has 2 N–H and O–H groups in total. The predicted molar refractivity (Wildman–Crippen MR) is 115 cm³/mol. The number of carbonyl (C=O) groups is 1. The van der Waals surface area contributed by atoms with Gasteiger partial charge in [0, 0.05) is 6.54 Å². The van der Waals surface area contributed by atoms with Gasteiger partial charge in [0.15, 0.2) is 5.78 Å². The van der Waals surface area contributed by atoms with E-state index in [1.807, 2.05) is 49.4 Å². The predicted octanol–water partition coefficient (Wildman–Crippen LogP) is 1.88. The van der Waals surface area contributed by atoms with Crippen molar-refractivity contribution in [2.45, 2.75) is 33.5 Å². The summed E-state index contributed by atoms with van der Waals surface area (Å²) < 4.78 is 7.86. The maximum Gasteiger partial charge on any atom is 0.332 e. The van der Waals surface area contributed by atoms with Gasteiger partial charge in [-0.1, -0.05) is 30.3 Å². The Balaban J connectivity index is 1.94. The van der Waals surface area contributed by atoms with Crippen molar-refractivity contribution in [2.24, 2.45) is 0 Å². The first-order valence-corrected chi connectivity index (χ1v) is 9.75. The molecule has 8 nitrogen and oxygen atoms in total. The van der Waals surface area contributed by atoms with Gasteiger partial charge in [-0.2, -0.15) is 0 Å². The van der Waals surface area contributed by atoms with Crippen molar-refractivity contribution < 1.29 is 9.21 Å². The van der Waals surface area contributed by atoms with Gasteiger partial charge in [-0.05, 0) is 38.6 Å². The number of aryl methyl sites for hydroxylation is 1. The Hall–Kier alpha value is -3.39. The summed E-state index contributed by atoms with van der Waals surface area (Å²) in [6.07, 6.45) is 0. The lowest BCUT2D eigenvalue weighted by atomic mass is 10.1. The second-order valence-electron chi connectivity index (χ2n) is 7.27. The average molecular weight is 410 g/mol. The zero-order valence-corrected chi connectivity index (χ0v) is 17.4. The highest BCUT2D eigenvalue weighted by Crippen LogP contribution is 2.12. The third kappa shape index (κ3) is 4.44. The topological polar surface area (TPSA) is 103 Å². The highest BCUT2D eigenvalue weighted by molar-refractivity contribution is 6.01. The van der Waals surface area contributed by atoms with E-state index in [2.05, 4.69) is 0 Å². The van der Waals surface area contributed by atoms with Crippen LogP contribution in [0.2, 0.25) is 0 Å². The van der Waals surface area contributed by atoms with Crippen LogP contribution in [0, 0.1) is 6.92 Å². The standard InChI is InChI=1S/C22H26N4O4/c1-4-25-21(28)19(18(27)14-24(3)13-17-11-10-15(2)30-17)20(23)26(22(25)29)12-16-8-6-5-7-9-16/h5-11H,4,12-14,23H2,1-3H3. The van der Waals surface area contributed by atoms with E-state index in [1.54, 1.807) is 18.9 Å². The lowest BCUT2D eigenvalue weighted by Crippen LogP contribution is -2.45. The number of benzene rings is 1. The van der Waals surface area contributed by atoms with Gasteiger partial charge in [-0.15, -0.1) is 0 Å². The number of rotatable bonds is 8. The van der Waals surface area contributed by atoms with E-state index in [-0.39, 0.29) is 31.0 Å². The van der Waals surface area contributed by atoms with Crippen molar-refractivity contribution in [3.05, 3.63) is 86.0 Å². The van der Waals surface area contributed by atoms with Gasteiger partial charge >= 0.3 is 5.69 Å². The summed E-state index contributed by atoms with van der Waals surface area (Å²) >= 11 is 0. The van der Waals surface area contributed by atoms with Gasteiger partial charge in [0.2, 0.25) is 0 Å². The Labute approximate surface area is 174 Å². The van der Waals surface area contributed by atoms with Gasteiger partial charge in [0.05, 0.1) is 19.6 Å². The number of carbonyl (C=O) groups excluding carboxylic acids is 1. The second kappa shape index (κ2) is 8.96. The van der Waals surface area contributed by atoms with Crippen LogP contribution in [0.15, 0.2) is 56.5 Å². The van der Waals surface area contributed by atoms with Crippen LogP contribution in [0.1, 0.15) is 34.4 Å². The Morgan fingerprint density at radius 3 is 2.40 bits per heavy atom. The van der Waals surface area contributed by atoms with Crippen LogP contribution < -0.4 is 17.0 Å². The van der Waals surface area contributed by atoms with Crippen LogP contribution >= 0.6 is 0 Å². The Bertz CT molecular complexity index is 1160. The molecule has 158 valence electrons. The number of likely N-dealkylation sites (N-methyl/N-ethyl adjacent to an activating group) is 1. The molecule has 30 heavy (non-hydrogen) atoms. The van der Waals surface area contributed by atoms with Gasteiger partial charge < -0.3 is 10.2 Å². The maximum absolute atomic E-state index is 13.0. The SMILES string of the molecule is CCn1c(=O)c(C(=O)CN(C)Cc2ccc(C)o2)c(N)n(Cc2ccccc2)c1=O. The first kappa shape index (κ1) is 21.3. The smallest absolute Gasteiger partial charge is 0.332 e. The minimum atomic E-state index is -0.656. The van der Waals surface area contributed by atoms with E-state index in [0.29, 0.717) is 6.54 Å². The number of nitrogen functional groups attached to an aromatic ring is 1. The maximum atomic E-state index is 13.0. The second-order valence-corrected chi connectivity index (χ2v) is 7.27. The Morgan fingerprint density at radius 2 is 1.80 bits per heavy atom. The normalized spacial score (nSPS) is 11.2. The number of nitrogens with zero attached hydrogens (tertiary/aromatic N) is 3. The van der Waals surface area contributed by atoms with Crippen molar-refractivity contribution >= 4 is 11.6 Å². The first-order valence-electron chi connectivity index (χ1n) is 9.75. The number of nitrogens with two attached hydrogens (primary N) is 1. The van der Waals surface area contributed by atoms with E-state index in [4.69, 9.17) is 10.2 Å². The molecule has 0 saturated carbocycles. The summed E-state index contributed by atoms with van der Waals surface area (Å²) in [5.41, 5.74) is 5.68. The third-order valence-corrected chi connectivity index (χ3v) is 4.88. The van der Waals surface area contributed by atoms with Crippen molar-refractivity contribution in [2.75, 3.05) is 19.3 Å². The minimum Gasteiger partial charge on any atom is -0.465 e. The van der Waals surface area contributed by atoms with Crippen molar-refractivity contribution in [1.29, 1.82) is 0 Å². The molecule has 0 spiro atoms. The molecule has 3 aromatic rings. The molecular weight excluding hydrogens is 384 g/mol. The monoisotopic (exact) mass is 410 g/mol. The highest BCUT2D eigenvalue weighted by Gasteiger charge is 2.23. The summed E-state index contributed by atoms with van der Waals surface area (Å²) in [5, 5.41) is 0. The molecule has 0 unspecified atom stereocenters. The average Bonchev–Trinajstić information content (AvgIpc) is 3.10. The fourth-order valence-corrected chi connectivity index (χ4v) is 3.39. The third-order valence-electron chi connectivity index (χ3n) is 4.88. The molecule has 0 radical (unpaired) electrons. The highest BCUT2D eigenvalue weighted by atomic mass is 16.3. The van der Waals surface area contributed by atoms with Crippen molar-refractivity contribution in [3.8, 4) is 0 Å². The van der Waals surface area contributed by atoms with Crippen LogP contribution in [0.25, 0.3) is 0 Å². The Kier molecular flexibility index (Phi) is 6.37. The van der Waals surface area contributed by atoms with Crippen LogP contribution in [-0.2, 0) is 19.6 Å². The van der Waals surface area contributed by atoms with Gasteiger partial charge in [-0.3, -0.25) is 23.6 Å². The number of hydrogen-bond acceptors (Lipinski definition) is 6. The molecule has 0 aliphatic carbocycles. The molecule has 2 aromatic heterocycles. The molecule has 2 heterocycles. The van der Waals surface area contributed by atoms with E-state index < -0.39 is 17.0 Å². The molecule has 0 aliphatic heterocycles. The Morgan fingerprint density at radius 1 is 1.10 bits per heavy atom. The van der Waals surface area contributed by atoms with Crippen LogP contribution in [0.3, 0.4) is 0 Å². The molecule has 3 rings (SSSR count). The number of hydrogen-bond donors (Lipinski definition) is 1. The van der Waals surface area contributed by atoms with E-state index in [9.17, 15) is 14.4 Å². The van der Waals surface area contributed by atoms with Crippen LogP contribution in [0.5, 0.6) is 0 Å². The van der Waals surface area contributed by atoms with E-state index >= 15 is 0 Å². The molecule has 1 aromatic carbocycles. The number of aromatic nitrogens is 2. The lowest BCUT2D eigenvalue weighted by molar-refractivity contribution is 0.0937. The number of furan rings is 1. The quantitative estimate of drug-likeness (QED) is 0.569. The summed E-state index contributed by atoms with van der Waals surface area (Å²) in [6.45, 7) is 4.23. The number of ketones is 1. The lowest BCUT2D eigenvalue weighted by Gasteiger charge is -2.18. The summed E-state index contributed by atoms with van der Waals surface area (Å²) in [4.78, 5) is 40.4. The molecule has 0 atom stereocenters. The largest absolute Gasteiger partial charge is 0.465 e. The van der Waals surface area contributed by atoms with E-state index in [0.717, 1.165) is 21.7 Å². The summed E-state index contributed by atoms with van der Waals surface area (Å²) in [7, 11) is 1.75. The first-order chi connectivity index (χ1) is 14.3. The molecular formula is C22H26N4O4. The molecule has 8 heteroatoms. The molecule has 0 aliphatic rings. The number of Topliss-reactive ketones (excluding diaryl/α,β-unsaturated/α-hetero) is 1. The van der Waals surface area contributed by atoms with Crippen LogP contribution in [-0.4, -0.2) is 33.4 Å². The van der Waals surface area contributed by atoms with Crippen molar-refractivity contribution in [1.82, 2.24) is 14.0 Å². The van der Waals surface area contributed by atoms with Crippen molar-refractivity contribution in [3.63, 3.8) is 0 Å². The van der Waals surface area contributed by atoms with Gasteiger partial charge in [0.25, 0.3) is 5.56 Å².